The third-order valence-electron chi connectivity index (χ3n) is 3.63. The Labute approximate surface area is 140 Å². The second-order valence-corrected chi connectivity index (χ2v) is 6.44. The molecule has 3 nitrogen and oxygen atoms in total. The van der Waals surface area contributed by atoms with Crippen molar-refractivity contribution in [2.45, 2.75) is 13.0 Å². The summed E-state index contributed by atoms with van der Waals surface area (Å²) < 4.78 is 0. The highest BCUT2D eigenvalue weighted by Crippen LogP contribution is 2.27. The molecule has 4 heteroatoms. The van der Waals surface area contributed by atoms with E-state index in [9.17, 15) is 4.79 Å². The number of anilines is 1. The Bertz CT molecular complexity index is 769. The largest absolute Gasteiger partial charge is 0.347 e. The fourth-order valence-electron chi connectivity index (χ4n) is 2.45. The van der Waals surface area contributed by atoms with Gasteiger partial charge >= 0.3 is 0 Å². The summed E-state index contributed by atoms with van der Waals surface area (Å²) in [7, 11) is 2.01. The summed E-state index contributed by atoms with van der Waals surface area (Å²) in [6.45, 7) is 0.775. The van der Waals surface area contributed by atoms with Gasteiger partial charge in [0.15, 0.2) is 11.4 Å². The molecule has 0 N–H and O–H groups in total. The number of thiazole rings is 1. The van der Waals surface area contributed by atoms with E-state index in [0.717, 1.165) is 29.2 Å². The van der Waals surface area contributed by atoms with Gasteiger partial charge in [0.25, 0.3) is 0 Å². The van der Waals surface area contributed by atoms with Crippen molar-refractivity contribution < 1.29 is 4.79 Å². The van der Waals surface area contributed by atoms with Crippen LogP contribution >= 0.6 is 11.3 Å². The summed E-state index contributed by atoms with van der Waals surface area (Å²) in [6.07, 6.45) is 1.60. The third-order valence-corrected chi connectivity index (χ3v) is 4.76. The van der Waals surface area contributed by atoms with Gasteiger partial charge in [0.05, 0.1) is 10.6 Å². The van der Waals surface area contributed by atoms with Gasteiger partial charge in [-0.1, -0.05) is 72.0 Å². The zero-order valence-corrected chi connectivity index (χ0v) is 13.8. The predicted octanol–water partition coefficient (Wildman–Crippen LogP) is 4.18. The molecule has 3 aromatic rings. The number of nitrogens with zero attached hydrogens (tertiary/aromatic N) is 2. The van der Waals surface area contributed by atoms with E-state index in [0.29, 0.717) is 11.3 Å². The first kappa shape index (κ1) is 15.4. The minimum atomic E-state index is 0.685. The Morgan fingerprint density at radius 2 is 1.61 bits per heavy atom. The van der Waals surface area contributed by atoms with Crippen LogP contribution in [0.3, 0.4) is 0 Å². The Morgan fingerprint density at radius 3 is 2.22 bits per heavy atom. The van der Waals surface area contributed by atoms with E-state index in [1.165, 1.54) is 16.9 Å². The second kappa shape index (κ2) is 7.20. The molecule has 0 aliphatic heterocycles. The lowest BCUT2D eigenvalue weighted by atomic mass is 10.1. The molecule has 0 amide bonds. The van der Waals surface area contributed by atoms with Crippen LogP contribution in [-0.2, 0) is 13.0 Å². The van der Waals surface area contributed by atoms with Crippen LogP contribution in [0.4, 0.5) is 5.13 Å². The van der Waals surface area contributed by atoms with Crippen molar-refractivity contribution in [2.75, 3.05) is 11.9 Å². The molecule has 0 saturated heterocycles. The van der Waals surface area contributed by atoms with Crippen LogP contribution in [0, 0.1) is 0 Å². The van der Waals surface area contributed by atoms with Crippen molar-refractivity contribution in [2.24, 2.45) is 0 Å². The SMILES string of the molecule is CN(Cc1ccccc1)c1nc(Cc2ccccc2)c(C=O)s1. The number of carbonyl (C=O) groups excluding carboxylic acids is 1. The molecule has 1 aromatic heterocycles. The van der Waals surface area contributed by atoms with Gasteiger partial charge in [-0.25, -0.2) is 4.98 Å². The number of aldehydes is 1. The van der Waals surface area contributed by atoms with Crippen molar-refractivity contribution in [1.29, 1.82) is 0 Å². The summed E-state index contributed by atoms with van der Waals surface area (Å²) in [5.74, 6) is 0. The Kier molecular flexibility index (Phi) is 4.83. The van der Waals surface area contributed by atoms with Crippen molar-refractivity contribution in [3.8, 4) is 0 Å². The van der Waals surface area contributed by atoms with Crippen molar-refractivity contribution in [3.05, 3.63) is 82.4 Å². The maximum atomic E-state index is 11.4. The van der Waals surface area contributed by atoms with Crippen LogP contribution < -0.4 is 4.90 Å². The first-order valence-electron chi connectivity index (χ1n) is 7.50. The lowest BCUT2D eigenvalue weighted by Gasteiger charge is -2.15. The fourth-order valence-corrected chi connectivity index (χ4v) is 3.30. The molecule has 0 spiro atoms. The molecule has 3 rings (SSSR count). The van der Waals surface area contributed by atoms with E-state index >= 15 is 0 Å². The van der Waals surface area contributed by atoms with Gasteiger partial charge < -0.3 is 4.90 Å². The minimum Gasteiger partial charge on any atom is -0.347 e. The van der Waals surface area contributed by atoms with Gasteiger partial charge in [-0.15, -0.1) is 0 Å². The van der Waals surface area contributed by atoms with Crippen molar-refractivity contribution >= 4 is 22.8 Å². The van der Waals surface area contributed by atoms with E-state index in [1.54, 1.807) is 0 Å². The maximum absolute atomic E-state index is 11.4. The molecule has 0 bridgehead atoms. The van der Waals surface area contributed by atoms with Crippen LogP contribution in [-0.4, -0.2) is 18.3 Å². The molecule has 23 heavy (non-hydrogen) atoms. The van der Waals surface area contributed by atoms with E-state index in [1.807, 2.05) is 43.4 Å². The number of aromatic nitrogens is 1. The van der Waals surface area contributed by atoms with Crippen molar-refractivity contribution in [3.63, 3.8) is 0 Å². The number of rotatable bonds is 6. The topological polar surface area (TPSA) is 33.2 Å². The van der Waals surface area contributed by atoms with E-state index in [2.05, 4.69) is 34.1 Å². The van der Waals surface area contributed by atoms with Gasteiger partial charge in [-0.2, -0.15) is 0 Å². The summed E-state index contributed by atoms with van der Waals surface area (Å²) in [4.78, 5) is 18.8. The quantitative estimate of drug-likeness (QED) is 0.638. The van der Waals surface area contributed by atoms with E-state index < -0.39 is 0 Å². The molecule has 0 aliphatic rings. The Morgan fingerprint density at radius 1 is 1.00 bits per heavy atom. The molecule has 0 atom stereocenters. The second-order valence-electron chi connectivity index (χ2n) is 5.43. The highest BCUT2D eigenvalue weighted by atomic mass is 32.1. The van der Waals surface area contributed by atoms with E-state index in [-0.39, 0.29) is 0 Å². The molecule has 2 aromatic carbocycles. The number of hydrogen-bond acceptors (Lipinski definition) is 4. The molecule has 0 radical (unpaired) electrons. The van der Waals surface area contributed by atoms with Crippen LogP contribution in [0.25, 0.3) is 0 Å². The lowest BCUT2D eigenvalue weighted by molar-refractivity contribution is 0.112. The number of hydrogen-bond donors (Lipinski definition) is 0. The third kappa shape index (κ3) is 3.85. The summed E-state index contributed by atoms with van der Waals surface area (Å²) in [6, 6.07) is 20.4. The van der Waals surface area contributed by atoms with Crippen LogP contribution in [0.2, 0.25) is 0 Å². The maximum Gasteiger partial charge on any atom is 0.186 e. The van der Waals surface area contributed by atoms with Gasteiger partial charge in [-0.05, 0) is 11.1 Å². The van der Waals surface area contributed by atoms with Gasteiger partial charge in [0.1, 0.15) is 0 Å². The molecule has 0 unspecified atom stereocenters. The van der Waals surface area contributed by atoms with Gasteiger partial charge in [0, 0.05) is 20.0 Å². The zero-order chi connectivity index (χ0) is 16.1. The highest BCUT2D eigenvalue weighted by molar-refractivity contribution is 7.17. The van der Waals surface area contributed by atoms with Gasteiger partial charge in [-0.3, -0.25) is 4.79 Å². The number of benzene rings is 2. The Hall–Kier alpha value is -2.46. The smallest absolute Gasteiger partial charge is 0.186 e. The van der Waals surface area contributed by atoms with E-state index in [4.69, 9.17) is 0 Å². The summed E-state index contributed by atoms with van der Waals surface area (Å²) in [5, 5.41) is 0.877. The molecule has 1 heterocycles. The fraction of sp³-hybridized carbons (Fsp3) is 0.158. The molecule has 0 saturated carbocycles. The zero-order valence-electron chi connectivity index (χ0n) is 13.0. The average Bonchev–Trinajstić information content (AvgIpc) is 3.00. The van der Waals surface area contributed by atoms with Crippen molar-refractivity contribution in [1.82, 2.24) is 4.98 Å². The molecule has 116 valence electrons. The first-order chi connectivity index (χ1) is 11.3. The summed E-state index contributed by atoms with van der Waals surface area (Å²) in [5.41, 5.74) is 3.24. The van der Waals surface area contributed by atoms with Crippen LogP contribution in [0.1, 0.15) is 26.5 Å². The molecule has 0 aliphatic carbocycles. The molecular weight excluding hydrogens is 304 g/mol. The minimum absolute atomic E-state index is 0.685. The van der Waals surface area contributed by atoms with Crippen LogP contribution in [0.5, 0.6) is 0 Å². The summed E-state index contributed by atoms with van der Waals surface area (Å²) >= 11 is 1.45. The van der Waals surface area contributed by atoms with Crippen LogP contribution in [0.15, 0.2) is 60.7 Å². The van der Waals surface area contributed by atoms with Gasteiger partial charge in [0.2, 0.25) is 0 Å². The average molecular weight is 322 g/mol. The standard InChI is InChI=1S/C19H18N2OS/c1-21(13-16-10-6-3-7-11-16)19-20-17(18(14-22)23-19)12-15-8-4-2-5-9-15/h2-11,14H,12-13H2,1H3. The molecule has 0 fully saturated rings. The predicted molar refractivity (Wildman–Crippen MR) is 95.3 cm³/mol. The lowest BCUT2D eigenvalue weighted by Crippen LogP contribution is -2.16. The monoisotopic (exact) mass is 322 g/mol. The number of carbonyl (C=O) groups is 1. The molecular formula is C19H18N2OS. The highest BCUT2D eigenvalue weighted by Gasteiger charge is 2.14. The first-order valence-corrected chi connectivity index (χ1v) is 8.32. The normalized spacial score (nSPS) is 10.5. The Balaban J connectivity index is 1.79.